The summed E-state index contributed by atoms with van der Waals surface area (Å²) in [6.45, 7) is 4.14. The van der Waals surface area contributed by atoms with Crippen molar-refractivity contribution in [3.8, 4) is 0 Å². The second-order valence-electron chi connectivity index (χ2n) is 7.20. The molecule has 28 heavy (non-hydrogen) atoms. The summed E-state index contributed by atoms with van der Waals surface area (Å²) < 4.78 is 20.3. The van der Waals surface area contributed by atoms with E-state index >= 15 is 0 Å². The average Bonchev–Trinajstić information content (AvgIpc) is 3.31. The Morgan fingerprint density at radius 1 is 1.39 bits per heavy atom. The molecule has 9 nitrogen and oxygen atoms in total. The standard InChI is InChI=1S/C18H21NO8S/c1-8(20)13-15(21)19-14(12(28-16(13)19)5-10-3-4-24-6-10)17(22)25-7-11-9(2)26-18(23)27-11/h8,10,13,16,20H,3-7H2,1-2H3/t8-,10?,13+,16-/m1/s1. The predicted molar refractivity (Wildman–Crippen MR) is 95.7 cm³/mol. The molecule has 1 aromatic heterocycles. The fourth-order valence-electron chi connectivity index (χ4n) is 3.70. The number of thioether (sulfide) groups is 1. The lowest BCUT2D eigenvalue weighted by Gasteiger charge is -2.43. The van der Waals surface area contributed by atoms with Crippen LogP contribution in [-0.2, 0) is 25.7 Å². The summed E-state index contributed by atoms with van der Waals surface area (Å²) >= 11 is 1.43. The summed E-state index contributed by atoms with van der Waals surface area (Å²) in [7, 11) is 0. The molecule has 3 aliphatic heterocycles. The van der Waals surface area contributed by atoms with Gasteiger partial charge in [0, 0.05) is 18.1 Å². The third kappa shape index (κ3) is 3.29. The van der Waals surface area contributed by atoms with Crippen molar-refractivity contribution in [3.05, 3.63) is 32.7 Å². The van der Waals surface area contributed by atoms with Crippen molar-refractivity contribution >= 4 is 23.6 Å². The summed E-state index contributed by atoms with van der Waals surface area (Å²) in [5.41, 5.74) is 0.215. The van der Waals surface area contributed by atoms with Crippen LogP contribution in [0, 0.1) is 18.8 Å². The number of carbonyl (C=O) groups excluding carboxylic acids is 2. The van der Waals surface area contributed by atoms with Gasteiger partial charge in [0.2, 0.25) is 5.91 Å². The van der Waals surface area contributed by atoms with Crippen LogP contribution in [0.25, 0.3) is 0 Å². The Labute approximate surface area is 164 Å². The zero-order valence-corrected chi connectivity index (χ0v) is 16.3. The maximum absolute atomic E-state index is 12.8. The summed E-state index contributed by atoms with van der Waals surface area (Å²) in [4.78, 5) is 38.6. The zero-order chi connectivity index (χ0) is 20.0. The minimum atomic E-state index is -0.862. The second-order valence-corrected chi connectivity index (χ2v) is 8.41. The van der Waals surface area contributed by atoms with Gasteiger partial charge in [-0.2, -0.15) is 0 Å². The molecule has 0 aromatic carbocycles. The van der Waals surface area contributed by atoms with Crippen LogP contribution in [-0.4, -0.2) is 46.6 Å². The maximum atomic E-state index is 12.8. The number of esters is 1. The van der Waals surface area contributed by atoms with E-state index in [-0.39, 0.29) is 41.0 Å². The topological polar surface area (TPSA) is 119 Å². The molecule has 0 saturated carbocycles. The van der Waals surface area contributed by atoms with Crippen LogP contribution in [0.1, 0.15) is 31.3 Å². The first-order chi connectivity index (χ1) is 13.4. The number of aliphatic hydroxyl groups is 1. The molecule has 4 atom stereocenters. The summed E-state index contributed by atoms with van der Waals surface area (Å²) in [6.07, 6.45) is 0.710. The van der Waals surface area contributed by atoms with Gasteiger partial charge in [0.05, 0.1) is 12.0 Å². The van der Waals surface area contributed by atoms with Gasteiger partial charge in [0.1, 0.15) is 11.1 Å². The van der Waals surface area contributed by atoms with Gasteiger partial charge >= 0.3 is 11.8 Å². The Bertz CT molecular complexity index is 878. The Morgan fingerprint density at radius 2 is 2.18 bits per heavy atom. The van der Waals surface area contributed by atoms with E-state index in [0.717, 1.165) is 11.3 Å². The molecule has 1 N–H and O–H groups in total. The third-order valence-corrected chi connectivity index (χ3v) is 6.62. The number of β-lactam (4-membered cyclic amide) rings is 1. The van der Waals surface area contributed by atoms with Gasteiger partial charge in [0.25, 0.3) is 0 Å². The fraction of sp³-hybridized carbons (Fsp3) is 0.611. The second kappa shape index (κ2) is 7.41. The Morgan fingerprint density at radius 3 is 2.79 bits per heavy atom. The molecule has 0 bridgehead atoms. The molecular formula is C18H21NO8S. The highest BCUT2D eigenvalue weighted by atomic mass is 32.2. The normalized spacial score (nSPS) is 27.8. The van der Waals surface area contributed by atoms with Gasteiger partial charge in [-0.3, -0.25) is 9.69 Å². The van der Waals surface area contributed by atoms with Crippen LogP contribution in [0.3, 0.4) is 0 Å². The maximum Gasteiger partial charge on any atom is 0.519 e. The van der Waals surface area contributed by atoms with Crippen LogP contribution >= 0.6 is 11.8 Å². The van der Waals surface area contributed by atoms with Crippen LogP contribution in [0.2, 0.25) is 0 Å². The van der Waals surface area contributed by atoms with Crippen molar-refractivity contribution in [1.29, 1.82) is 0 Å². The molecule has 0 radical (unpaired) electrons. The van der Waals surface area contributed by atoms with Crippen molar-refractivity contribution < 1.29 is 33.0 Å². The molecule has 1 aromatic rings. The number of ether oxygens (including phenoxy) is 2. The molecule has 4 heterocycles. The number of allylic oxidation sites excluding steroid dienone is 1. The van der Waals surface area contributed by atoms with Crippen molar-refractivity contribution in [1.82, 2.24) is 4.90 Å². The molecular weight excluding hydrogens is 390 g/mol. The molecule has 4 rings (SSSR count). The van der Waals surface area contributed by atoms with Crippen molar-refractivity contribution in [2.75, 3.05) is 13.2 Å². The lowest BCUT2D eigenvalue weighted by Crippen LogP contribution is -2.60. The first-order valence-corrected chi connectivity index (χ1v) is 10.00. The SMILES string of the molecule is Cc1oc(=O)oc1COC(=O)C1=C(CC2CCOC2)S[C@@H]2[C@@H]([C@@H](C)O)C(=O)N12. The highest BCUT2D eigenvalue weighted by molar-refractivity contribution is 8.04. The van der Waals surface area contributed by atoms with E-state index in [0.29, 0.717) is 19.6 Å². The number of hydrogen-bond donors (Lipinski definition) is 1. The summed E-state index contributed by atoms with van der Waals surface area (Å²) in [6, 6.07) is 0. The first kappa shape index (κ1) is 19.3. The molecule has 2 fully saturated rings. The number of carbonyl (C=O) groups is 2. The number of amides is 1. The number of rotatable bonds is 6. The van der Waals surface area contributed by atoms with Crippen LogP contribution < -0.4 is 5.82 Å². The molecule has 2 saturated heterocycles. The van der Waals surface area contributed by atoms with E-state index in [9.17, 15) is 19.5 Å². The van der Waals surface area contributed by atoms with E-state index in [2.05, 4.69) is 0 Å². The summed E-state index contributed by atoms with van der Waals surface area (Å²) in [5.74, 6) is -1.71. The van der Waals surface area contributed by atoms with Crippen molar-refractivity contribution in [2.45, 2.75) is 44.8 Å². The minimum absolute atomic E-state index is 0.128. The van der Waals surface area contributed by atoms with Crippen molar-refractivity contribution in [2.24, 2.45) is 11.8 Å². The molecule has 0 aliphatic carbocycles. The average molecular weight is 411 g/mol. The molecule has 3 aliphatic rings. The van der Waals surface area contributed by atoms with E-state index < -0.39 is 23.8 Å². The lowest BCUT2D eigenvalue weighted by molar-refractivity contribution is -0.158. The number of fused-ring (bicyclic) bond motifs is 1. The zero-order valence-electron chi connectivity index (χ0n) is 15.5. The van der Waals surface area contributed by atoms with E-state index in [1.807, 2.05) is 0 Å². The Kier molecular flexibility index (Phi) is 5.11. The number of hydrogen-bond acceptors (Lipinski definition) is 9. The van der Waals surface area contributed by atoms with Crippen LogP contribution in [0.15, 0.2) is 24.2 Å². The van der Waals surface area contributed by atoms with Gasteiger partial charge in [-0.15, -0.1) is 11.8 Å². The van der Waals surface area contributed by atoms with Gasteiger partial charge in [-0.1, -0.05) is 0 Å². The minimum Gasteiger partial charge on any atom is -0.453 e. The van der Waals surface area contributed by atoms with E-state index in [1.54, 1.807) is 6.92 Å². The van der Waals surface area contributed by atoms with Crippen LogP contribution in [0.5, 0.6) is 0 Å². The molecule has 10 heteroatoms. The fourth-order valence-corrected chi connectivity index (χ4v) is 5.42. The third-order valence-electron chi connectivity index (χ3n) is 5.23. The van der Waals surface area contributed by atoms with Crippen LogP contribution in [0.4, 0.5) is 0 Å². The number of nitrogens with zero attached hydrogens (tertiary/aromatic N) is 1. The number of aliphatic hydroxyl groups excluding tert-OH is 1. The molecule has 1 unspecified atom stereocenters. The predicted octanol–water partition coefficient (Wildman–Crippen LogP) is 1.13. The quantitative estimate of drug-likeness (QED) is 0.543. The number of aryl methyl sites for hydroxylation is 1. The molecule has 1 amide bonds. The Hall–Kier alpha value is -2.04. The molecule has 152 valence electrons. The van der Waals surface area contributed by atoms with Crippen molar-refractivity contribution in [3.63, 3.8) is 0 Å². The highest BCUT2D eigenvalue weighted by Gasteiger charge is 2.57. The molecule has 0 spiro atoms. The highest BCUT2D eigenvalue weighted by Crippen LogP contribution is 2.52. The first-order valence-electron chi connectivity index (χ1n) is 9.12. The van der Waals surface area contributed by atoms with Gasteiger partial charge in [0.15, 0.2) is 18.1 Å². The monoisotopic (exact) mass is 411 g/mol. The largest absolute Gasteiger partial charge is 0.519 e. The lowest BCUT2D eigenvalue weighted by atomic mass is 9.92. The van der Waals surface area contributed by atoms with E-state index in [1.165, 1.54) is 23.6 Å². The van der Waals surface area contributed by atoms with Gasteiger partial charge in [-0.05, 0) is 32.6 Å². The Balaban J connectivity index is 1.54. The van der Waals surface area contributed by atoms with Gasteiger partial charge < -0.3 is 23.4 Å². The van der Waals surface area contributed by atoms with E-state index in [4.69, 9.17) is 18.3 Å². The summed E-state index contributed by atoms with van der Waals surface area (Å²) in [5, 5.41) is 9.60. The van der Waals surface area contributed by atoms with Gasteiger partial charge in [-0.25, -0.2) is 9.59 Å². The smallest absolute Gasteiger partial charge is 0.453 e.